The van der Waals surface area contributed by atoms with E-state index in [1.807, 2.05) is 0 Å². The molecule has 0 saturated carbocycles. The number of quaternary nitrogens is 2. The number of amides is 4. The zero-order valence-electron chi connectivity index (χ0n) is 12.9. The first-order valence-corrected chi connectivity index (χ1v) is 7.70. The molecule has 0 aromatic rings. The normalized spacial score (nSPS) is 36.6. The topological polar surface area (TPSA) is 83.6 Å². The van der Waals surface area contributed by atoms with Crippen LogP contribution in [0.1, 0.15) is 12.8 Å². The van der Waals surface area contributed by atoms with Gasteiger partial charge >= 0.3 is 0 Å². The van der Waals surface area contributed by atoms with Crippen LogP contribution in [0.5, 0.6) is 0 Å². The van der Waals surface area contributed by atoms with Gasteiger partial charge in [0.2, 0.25) is 11.8 Å². The lowest BCUT2D eigenvalue weighted by molar-refractivity contribution is -1.02. The second-order valence-electron chi connectivity index (χ2n) is 6.41. The largest absolute Gasteiger partial charge is 0.315 e. The highest BCUT2D eigenvalue weighted by Gasteiger charge is 2.48. The third-order valence-corrected chi connectivity index (χ3v) is 5.28. The Morgan fingerprint density at radius 2 is 1.05 bits per heavy atom. The van der Waals surface area contributed by atoms with E-state index in [0.29, 0.717) is 0 Å². The first-order valence-electron chi connectivity index (χ1n) is 7.70. The summed E-state index contributed by atoms with van der Waals surface area (Å²) in [5.41, 5.74) is 0. The standard InChI is InChI=1S/C14H20N4O4/c1-15-11(19)7-9(13(15)21)17-3-5-18(6-4-17)10-8-12(20)16(2)14(10)22/h9-10H,3-8H2,1-2H3/p+2/t9-,10+. The first kappa shape index (κ1) is 15.1. The Kier molecular flexibility index (Phi) is 3.73. The van der Waals surface area contributed by atoms with Crippen LogP contribution >= 0.6 is 0 Å². The summed E-state index contributed by atoms with van der Waals surface area (Å²) in [5.74, 6) is -0.434. The average Bonchev–Trinajstić information content (AvgIpc) is 2.92. The van der Waals surface area contributed by atoms with E-state index in [-0.39, 0.29) is 48.6 Å². The van der Waals surface area contributed by atoms with Gasteiger partial charge in [-0.3, -0.25) is 29.0 Å². The van der Waals surface area contributed by atoms with Crippen molar-refractivity contribution in [3.63, 3.8) is 0 Å². The van der Waals surface area contributed by atoms with Crippen molar-refractivity contribution in [2.24, 2.45) is 0 Å². The van der Waals surface area contributed by atoms with E-state index in [1.54, 1.807) is 0 Å². The highest BCUT2D eigenvalue weighted by molar-refractivity contribution is 6.05. The lowest BCUT2D eigenvalue weighted by Gasteiger charge is -2.33. The van der Waals surface area contributed by atoms with Crippen LogP contribution in [-0.4, -0.2) is 85.8 Å². The molecule has 3 saturated heterocycles. The average molecular weight is 310 g/mol. The van der Waals surface area contributed by atoms with Crippen LogP contribution in [0.3, 0.4) is 0 Å². The van der Waals surface area contributed by atoms with Crippen molar-refractivity contribution in [3.05, 3.63) is 0 Å². The van der Waals surface area contributed by atoms with Gasteiger partial charge in [-0.15, -0.1) is 0 Å². The van der Waals surface area contributed by atoms with E-state index >= 15 is 0 Å². The van der Waals surface area contributed by atoms with Crippen LogP contribution in [0.15, 0.2) is 0 Å². The van der Waals surface area contributed by atoms with E-state index in [9.17, 15) is 19.2 Å². The highest BCUT2D eigenvalue weighted by Crippen LogP contribution is 2.09. The smallest absolute Gasteiger partial charge is 0.287 e. The minimum Gasteiger partial charge on any atom is -0.315 e. The number of carbonyl (C=O) groups is 4. The van der Waals surface area contributed by atoms with E-state index in [0.717, 1.165) is 36.0 Å². The number of nitrogens with one attached hydrogen (secondary N) is 2. The summed E-state index contributed by atoms with van der Waals surface area (Å²) in [6, 6.07) is -0.551. The second-order valence-corrected chi connectivity index (χ2v) is 6.41. The molecule has 4 amide bonds. The number of piperazine rings is 1. The molecule has 0 aliphatic carbocycles. The molecule has 0 radical (unpaired) electrons. The minimum absolute atomic E-state index is 0.102. The third kappa shape index (κ3) is 2.32. The summed E-state index contributed by atoms with van der Waals surface area (Å²) < 4.78 is 0. The maximum Gasteiger partial charge on any atom is 0.287 e. The van der Waals surface area contributed by atoms with Crippen LogP contribution in [0.4, 0.5) is 0 Å². The molecular weight excluding hydrogens is 288 g/mol. The van der Waals surface area contributed by atoms with Gasteiger partial charge in [-0.1, -0.05) is 0 Å². The van der Waals surface area contributed by atoms with Crippen molar-refractivity contribution in [1.29, 1.82) is 0 Å². The monoisotopic (exact) mass is 310 g/mol. The number of hydrogen-bond acceptors (Lipinski definition) is 4. The van der Waals surface area contributed by atoms with E-state index in [1.165, 1.54) is 23.9 Å². The van der Waals surface area contributed by atoms with Crippen molar-refractivity contribution in [1.82, 2.24) is 9.80 Å². The number of likely N-dealkylation sites (tertiary alicyclic amines) is 2. The van der Waals surface area contributed by atoms with Crippen molar-refractivity contribution in [2.75, 3.05) is 40.3 Å². The molecule has 22 heavy (non-hydrogen) atoms. The molecule has 0 spiro atoms. The number of hydrogen-bond donors (Lipinski definition) is 2. The van der Waals surface area contributed by atoms with Crippen molar-refractivity contribution in [2.45, 2.75) is 24.9 Å². The summed E-state index contributed by atoms with van der Waals surface area (Å²) in [6.07, 6.45) is 0.563. The molecule has 8 nitrogen and oxygen atoms in total. The van der Waals surface area contributed by atoms with Gasteiger partial charge in [-0.25, -0.2) is 0 Å². The molecule has 2 N–H and O–H groups in total. The predicted molar refractivity (Wildman–Crippen MR) is 73.8 cm³/mol. The summed E-state index contributed by atoms with van der Waals surface area (Å²) in [4.78, 5) is 52.0. The summed E-state index contributed by atoms with van der Waals surface area (Å²) in [6.45, 7) is 2.98. The van der Waals surface area contributed by atoms with Gasteiger partial charge in [-0.2, -0.15) is 0 Å². The van der Waals surface area contributed by atoms with Crippen LogP contribution in [-0.2, 0) is 19.2 Å². The van der Waals surface area contributed by atoms with E-state index in [2.05, 4.69) is 0 Å². The first-order chi connectivity index (χ1) is 10.4. The van der Waals surface area contributed by atoms with Gasteiger partial charge in [0.15, 0.2) is 12.1 Å². The number of rotatable bonds is 2. The Hall–Kier alpha value is -1.80. The van der Waals surface area contributed by atoms with Gasteiger partial charge in [-0.05, 0) is 0 Å². The van der Waals surface area contributed by atoms with E-state index in [4.69, 9.17) is 0 Å². The van der Waals surface area contributed by atoms with Gasteiger partial charge in [0.25, 0.3) is 11.8 Å². The summed E-state index contributed by atoms with van der Waals surface area (Å²) in [5, 5.41) is 0. The fraction of sp³-hybridized carbons (Fsp3) is 0.714. The third-order valence-electron chi connectivity index (χ3n) is 5.28. The van der Waals surface area contributed by atoms with Crippen molar-refractivity contribution < 1.29 is 29.0 Å². The molecule has 3 aliphatic rings. The van der Waals surface area contributed by atoms with Gasteiger partial charge < -0.3 is 9.80 Å². The zero-order chi connectivity index (χ0) is 16.0. The predicted octanol–water partition coefficient (Wildman–Crippen LogP) is -4.72. The highest BCUT2D eigenvalue weighted by atomic mass is 16.2. The Balaban J connectivity index is 1.60. The van der Waals surface area contributed by atoms with Gasteiger partial charge in [0.05, 0.1) is 12.8 Å². The Morgan fingerprint density at radius 3 is 1.27 bits per heavy atom. The molecule has 0 aromatic heterocycles. The molecule has 3 rings (SSSR count). The quantitative estimate of drug-likeness (QED) is 0.502. The van der Waals surface area contributed by atoms with Gasteiger partial charge in [0.1, 0.15) is 26.2 Å². The Labute approximate surface area is 128 Å². The lowest BCUT2D eigenvalue weighted by atomic mass is 10.1. The molecule has 2 atom stereocenters. The molecule has 120 valence electrons. The molecule has 0 aromatic carbocycles. The number of likely N-dealkylation sites (N-methyl/N-ethyl adjacent to an activating group) is 2. The Morgan fingerprint density at radius 1 is 0.727 bits per heavy atom. The van der Waals surface area contributed by atoms with Crippen LogP contribution in [0, 0.1) is 0 Å². The minimum atomic E-state index is -0.275. The maximum absolute atomic E-state index is 12.1. The molecule has 8 heteroatoms. The van der Waals surface area contributed by atoms with Gasteiger partial charge in [0, 0.05) is 14.1 Å². The fourth-order valence-electron chi connectivity index (χ4n) is 3.74. The molecule has 0 bridgehead atoms. The lowest BCUT2D eigenvalue weighted by Crippen LogP contribution is -3.31. The van der Waals surface area contributed by atoms with E-state index < -0.39 is 0 Å². The molecular formula is C14H22N4O4+2. The molecule has 3 aliphatic heterocycles. The summed E-state index contributed by atoms with van der Waals surface area (Å²) in [7, 11) is 3.06. The number of nitrogens with zero attached hydrogens (tertiary/aromatic N) is 2. The Bertz CT molecular complexity index is 493. The van der Waals surface area contributed by atoms with Crippen molar-refractivity contribution in [3.8, 4) is 0 Å². The molecule has 3 heterocycles. The number of carbonyl (C=O) groups excluding carboxylic acids is 4. The zero-order valence-corrected chi connectivity index (χ0v) is 12.9. The fourth-order valence-corrected chi connectivity index (χ4v) is 3.74. The van der Waals surface area contributed by atoms with Crippen LogP contribution < -0.4 is 9.80 Å². The van der Waals surface area contributed by atoms with Crippen molar-refractivity contribution >= 4 is 23.6 Å². The second kappa shape index (κ2) is 5.44. The molecule has 0 unspecified atom stereocenters. The van der Waals surface area contributed by atoms with Crippen LogP contribution in [0.2, 0.25) is 0 Å². The number of imide groups is 2. The SMILES string of the molecule is CN1C(=O)C[C@@H]([NH+]2CC[NH+]([C@H]3CC(=O)N(C)C3=O)CC2)C1=O. The molecule has 3 fully saturated rings. The summed E-state index contributed by atoms with van der Waals surface area (Å²) >= 11 is 0. The van der Waals surface area contributed by atoms with Crippen LogP contribution in [0.25, 0.3) is 0 Å². The maximum atomic E-state index is 12.1.